The fraction of sp³-hybridized carbons (Fsp3) is 0.316. The van der Waals surface area contributed by atoms with E-state index in [4.69, 9.17) is 4.74 Å². The minimum absolute atomic E-state index is 0.229. The van der Waals surface area contributed by atoms with Crippen LogP contribution in [0.3, 0.4) is 0 Å². The lowest BCUT2D eigenvalue weighted by Crippen LogP contribution is -2.47. The van der Waals surface area contributed by atoms with Gasteiger partial charge in [0.2, 0.25) is 15.9 Å². The van der Waals surface area contributed by atoms with Crippen LogP contribution in [0, 0.1) is 0 Å². The molecule has 0 aliphatic carbocycles. The molecule has 138 valence electrons. The van der Waals surface area contributed by atoms with Crippen LogP contribution < -0.4 is 14.4 Å². The molecule has 1 aliphatic rings. The first-order valence-corrected chi connectivity index (χ1v) is 9.94. The number of carbonyl (C=O) groups excluding carboxylic acids is 1. The van der Waals surface area contributed by atoms with Gasteiger partial charge in [-0.2, -0.15) is 0 Å². The zero-order valence-electron chi connectivity index (χ0n) is 14.8. The molecule has 6 nitrogen and oxygen atoms in total. The van der Waals surface area contributed by atoms with Crippen LogP contribution in [0.1, 0.15) is 20.3 Å². The van der Waals surface area contributed by atoms with E-state index in [0.717, 1.165) is 0 Å². The van der Waals surface area contributed by atoms with Gasteiger partial charge in [-0.15, -0.1) is 0 Å². The molecule has 0 radical (unpaired) electrons. The number of nitrogens with one attached hydrogen (secondary N) is 1. The Morgan fingerprint density at radius 1 is 1.15 bits per heavy atom. The number of amides is 1. The molecular weight excluding hydrogens is 352 g/mol. The summed E-state index contributed by atoms with van der Waals surface area (Å²) in [5, 5.41) is 2.72. The van der Waals surface area contributed by atoms with E-state index in [1.165, 1.54) is 11.2 Å². The normalized spacial score (nSPS) is 21.4. The maximum absolute atomic E-state index is 13.0. The van der Waals surface area contributed by atoms with Crippen LogP contribution in [0.5, 0.6) is 5.75 Å². The Morgan fingerprint density at radius 3 is 2.42 bits per heavy atom. The van der Waals surface area contributed by atoms with Gasteiger partial charge < -0.3 is 10.1 Å². The summed E-state index contributed by atoms with van der Waals surface area (Å²) < 4.78 is 31.2. The molecule has 1 amide bonds. The van der Waals surface area contributed by atoms with Crippen molar-refractivity contribution >= 4 is 27.3 Å². The number of benzene rings is 2. The molecule has 2 aromatic carbocycles. The standard InChI is InChI=1S/C19H22N2O4S/c1-3-25-17-11-9-15(10-12-17)20-18(22)19(2)13-14-21(26(19,23)24)16-7-5-4-6-8-16/h4-12H,3,13-14H2,1-2H3,(H,20,22)/t19-/m1/s1. The van der Waals surface area contributed by atoms with E-state index in [2.05, 4.69) is 5.32 Å². The highest BCUT2D eigenvalue weighted by atomic mass is 32.2. The van der Waals surface area contributed by atoms with E-state index in [9.17, 15) is 13.2 Å². The van der Waals surface area contributed by atoms with E-state index in [1.807, 2.05) is 13.0 Å². The van der Waals surface area contributed by atoms with Crippen molar-refractivity contribution in [3.63, 3.8) is 0 Å². The molecule has 0 saturated carbocycles. The van der Waals surface area contributed by atoms with Crippen molar-refractivity contribution in [1.82, 2.24) is 0 Å². The van der Waals surface area contributed by atoms with Crippen LogP contribution in [-0.2, 0) is 14.8 Å². The van der Waals surface area contributed by atoms with Crippen LogP contribution >= 0.6 is 0 Å². The number of ether oxygens (including phenoxy) is 1. The highest BCUT2D eigenvalue weighted by Gasteiger charge is 2.54. The summed E-state index contributed by atoms with van der Waals surface area (Å²) in [6.45, 7) is 4.20. The minimum atomic E-state index is -3.82. The zero-order valence-corrected chi connectivity index (χ0v) is 15.6. The molecule has 0 aromatic heterocycles. The van der Waals surface area contributed by atoms with Crippen molar-refractivity contribution in [2.45, 2.75) is 25.0 Å². The van der Waals surface area contributed by atoms with Crippen molar-refractivity contribution < 1.29 is 17.9 Å². The number of nitrogens with zero attached hydrogens (tertiary/aromatic N) is 1. The van der Waals surface area contributed by atoms with Gasteiger partial charge in [-0.1, -0.05) is 18.2 Å². The third kappa shape index (κ3) is 3.14. The number of para-hydroxylation sites is 1. The Morgan fingerprint density at radius 2 is 1.81 bits per heavy atom. The average molecular weight is 374 g/mol. The van der Waals surface area contributed by atoms with Crippen molar-refractivity contribution in [1.29, 1.82) is 0 Å². The van der Waals surface area contributed by atoms with Crippen LogP contribution in [-0.4, -0.2) is 32.2 Å². The monoisotopic (exact) mass is 374 g/mol. The van der Waals surface area contributed by atoms with Gasteiger partial charge in [0.1, 0.15) is 5.75 Å². The summed E-state index contributed by atoms with van der Waals surface area (Å²) in [7, 11) is -3.82. The Labute approximate surface area is 153 Å². The third-order valence-electron chi connectivity index (χ3n) is 4.60. The van der Waals surface area contributed by atoms with Gasteiger partial charge in [-0.05, 0) is 56.7 Å². The molecule has 7 heteroatoms. The van der Waals surface area contributed by atoms with E-state index in [-0.39, 0.29) is 13.0 Å². The van der Waals surface area contributed by atoms with Gasteiger partial charge in [-0.25, -0.2) is 8.42 Å². The van der Waals surface area contributed by atoms with Gasteiger partial charge in [-0.3, -0.25) is 9.10 Å². The first-order chi connectivity index (χ1) is 12.4. The van der Waals surface area contributed by atoms with Crippen LogP contribution in [0.4, 0.5) is 11.4 Å². The van der Waals surface area contributed by atoms with Crippen molar-refractivity contribution in [3.8, 4) is 5.75 Å². The average Bonchev–Trinajstić information content (AvgIpc) is 2.88. The molecule has 1 atom stereocenters. The molecule has 0 bridgehead atoms. The SMILES string of the molecule is CCOc1ccc(NC(=O)[C@@]2(C)CCN(c3ccccc3)S2(=O)=O)cc1. The molecule has 0 spiro atoms. The Balaban J connectivity index is 1.80. The molecular formula is C19H22N2O4S. The fourth-order valence-corrected chi connectivity index (χ4v) is 4.82. The largest absolute Gasteiger partial charge is 0.494 e. The second-order valence-electron chi connectivity index (χ2n) is 6.31. The molecule has 1 saturated heterocycles. The number of hydrogen-bond acceptors (Lipinski definition) is 4. The number of rotatable bonds is 5. The number of anilines is 2. The van der Waals surface area contributed by atoms with Crippen LogP contribution in [0.2, 0.25) is 0 Å². The molecule has 2 aromatic rings. The van der Waals surface area contributed by atoms with Gasteiger partial charge in [0, 0.05) is 12.2 Å². The van der Waals surface area contributed by atoms with E-state index < -0.39 is 20.7 Å². The molecule has 3 rings (SSSR count). The second-order valence-corrected chi connectivity index (χ2v) is 8.60. The Hall–Kier alpha value is -2.54. The third-order valence-corrected chi connectivity index (χ3v) is 7.10. The summed E-state index contributed by atoms with van der Waals surface area (Å²) in [5.41, 5.74) is 1.11. The molecule has 1 aliphatic heterocycles. The predicted molar refractivity (Wildman–Crippen MR) is 102 cm³/mol. The maximum atomic E-state index is 13.0. The topological polar surface area (TPSA) is 75.7 Å². The maximum Gasteiger partial charge on any atom is 0.249 e. The first-order valence-electron chi connectivity index (χ1n) is 8.50. The summed E-state index contributed by atoms with van der Waals surface area (Å²) >= 11 is 0. The van der Waals surface area contributed by atoms with Crippen molar-refractivity contribution in [2.75, 3.05) is 22.8 Å². The van der Waals surface area contributed by atoms with Crippen molar-refractivity contribution in [2.24, 2.45) is 0 Å². The van der Waals surface area contributed by atoms with Crippen LogP contribution in [0.15, 0.2) is 54.6 Å². The number of hydrogen-bond donors (Lipinski definition) is 1. The molecule has 0 unspecified atom stereocenters. The van der Waals surface area contributed by atoms with Gasteiger partial charge >= 0.3 is 0 Å². The highest BCUT2D eigenvalue weighted by molar-refractivity contribution is 7.95. The van der Waals surface area contributed by atoms with Crippen LogP contribution in [0.25, 0.3) is 0 Å². The Kier molecular flexibility index (Phi) is 4.91. The summed E-state index contributed by atoms with van der Waals surface area (Å²) in [5.74, 6) is 0.167. The quantitative estimate of drug-likeness (QED) is 0.873. The second kappa shape index (κ2) is 6.99. The van der Waals surface area contributed by atoms with E-state index >= 15 is 0 Å². The zero-order chi connectivity index (χ0) is 18.8. The summed E-state index contributed by atoms with van der Waals surface area (Å²) in [6, 6.07) is 15.7. The first kappa shape index (κ1) is 18.3. The smallest absolute Gasteiger partial charge is 0.249 e. The number of carbonyl (C=O) groups is 1. The molecule has 1 heterocycles. The summed E-state index contributed by atoms with van der Waals surface area (Å²) in [4.78, 5) is 12.8. The van der Waals surface area contributed by atoms with Gasteiger partial charge in [0.15, 0.2) is 4.75 Å². The lowest BCUT2D eigenvalue weighted by Gasteiger charge is -2.25. The highest BCUT2D eigenvalue weighted by Crippen LogP contribution is 2.37. The molecule has 26 heavy (non-hydrogen) atoms. The van der Waals surface area contributed by atoms with Gasteiger partial charge in [0.25, 0.3) is 0 Å². The Bertz CT molecular complexity index is 882. The van der Waals surface area contributed by atoms with Crippen molar-refractivity contribution in [3.05, 3.63) is 54.6 Å². The van der Waals surface area contributed by atoms with Gasteiger partial charge in [0.05, 0.1) is 12.3 Å². The predicted octanol–water partition coefficient (Wildman–Crippen LogP) is 3.02. The lowest BCUT2D eigenvalue weighted by molar-refractivity contribution is -0.118. The lowest BCUT2D eigenvalue weighted by atomic mass is 10.1. The van der Waals surface area contributed by atoms with E-state index in [1.54, 1.807) is 48.5 Å². The molecule has 1 fully saturated rings. The number of sulfonamides is 1. The summed E-state index contributed by atoms with van der Waals surface area (Å²) in [6.07, 6.45) is 0.229. The fourth-order valence-electron chi connectivity index (χ4n) is 2.96. The molecule has 1 N–H and O–H groups in total. The minimum Gasteiger partial charge on any atom is -0.494 e. The van der Waals surface area contributed by atoms with E-state index in [0.29, 0.717) is 23.7 Å².